The Balaban J connectivity index is 1.84. The predicted octanol–water partition coefficient (Wildman–Crippen LogP) is 4.92. The Bertz CT molecular complexity index is 1010. The molecular formula is C22H26N4O2S. The molecule has 2 amide bonds. The lowest BCUT2D eigenvalue weighted by Crippen LogP contribution is -2.29. The number of hydrogen-bond donors (Lipinski definition) is 3. The number of rotatable bonds is 5. The molecule has 0 bridgehead atoms. The summed E-state index contributed by atoms with van der Waals surface area (Å²) in [5, 5.41) is 20.3. The molecule has 0 aliphatic heterocycles. The lowest BCUT2D eigenvalue weighted by molar-refractivity contribution is 0.251. The van der Waals surface area contributed by atoms with Gasteiger partial charge in [0.25, 0.3) is 0 Å². The predicted molar refractivity (Wildman–Crippen MR) is 118 cm³/mol. The lowest BCUT2D eigenvalue weighted by Gasteiger charge is -2.14. The highest BCUT2D eigenvalue weighted by Gasteiger charge is 2.21. The van der Waals surface area contributed by atoms with Crippen LogP contribution in [0, 0.1) is 0 Å². The zero-order chi connectivity index (χ0) is 21.0. The molecule has 0 fully saturated rings. The third kappa shape index (κ3) is 5.12. The first-order chi connectivity index (χ1) is 13.8. The number of nitrogens with one attached hydrogen (secondary N) is 2. The fourth-order valence-corrected chi connectivity index (χ4v) is 3.23. The first kappa shape index (κ1) is 20.8. The molecule has 1 aromatic heterocycles. The fraction of sp³-hybridized carbons (Fsp3) is 0.273. The van der Waals surface area contributed by atoms with Gasteiger partial charge in [0, 0.05) is 28.5 Å². The lowest BCUT2D eigenvalue weighted by atomic mass is 9.92. The normalized spacial score (nSPS) is 11.3. The number of phenols is 1. The van der Waals surface area contributed by atoms with E-state index < -0.39 is 0 Å². The number of thioether (sulfide) groups is 1. The number of carbonyl (C=O) groups is 1. The number of urea groups is 1. The van der Waals surface area contributed by atoms with E-state index in [-0.39, 0.29) is 23.7 Å². The Morgan fingerprint density at radius 3 is 2.59 bits per heavy atom. The minimum Gasteiger partial charge on any atom is -0.508 e. The van der Waals surface area contributed by atoms with Crippen molar-refractivity contribution in [3.63, 3.8) is 0 Å². The smallest absolute Gasteiger partial charge is 0.320 e. The summed E-state index contributed by atoms with van der Waals surface area (Å²) in [4.78, 5) is 13.6. The number of aromatic hydroxyl groups is 1. The molecule has 1 heterocycles. The van der Waals surface area contributed by atoms with Crippen molar-refractivity contribution in [1.82, 2.24) is 15.1 Å². The molecule has 0 saturated heterocycles. The van der Waals surface area contributed by atoms with Crippen molar-refractivity contribution in [3.05, 3.63) is 65.9 Å². The maximum absolute atomic E-state index is 12.5. The second-order valence-electron chi connectivity index (χ2n) is 7.71. The molecule has 2 aromatic carbocycles. The third-order valence-electron chi connectivity index (χ3n) is 4.45. The molecule has 0 aliphatic rings. The maximum Gasteiger partial charge on any atom is 0.320 e. The Labute approximate surface area is 175 Å². The molecule has 6 nitrogen and oxygen atoms in total. The summed E-state index contributed by atoms with van der Waals surface area (Å²) in [6.07, 6.45) is 2.02. The van der Waals surface area contributed by atoms with Crippen molar-refractivity contribution in [2.75, 3.05) is 11.6 Å². The van der Waals surface area contributed by atoms with Crippen LogP contribution in [0.5, 0.6) is 5.75 Å². The topological polar surface area (TPSA) is 79.2 Å². The van der Waals surface area contributed by atoms with E-state index in [0.717, 1.165) is 16.3 Å². The Kier molecular flexibility index (Phi) is 6.17. The standard InChI is InChI=1S/C22H26N4O2S/c1-22(2,3)19-13-20(26(25-19)16-9-7-10-17(12-16)29-4)24-21(28)23-14-15-8-5-6-11-18(15)27/h5-13,27H,14H2,1-4H3,(H2,23,24,28). The number of para-hydroxylation sites is 1. The number of benzene rings is 2. The van der Waals surface area contributed by atoms with Crippen LogP contribution in [0.2, 0.25) is 0 Å². The van der Waals surface area contributed by atoms with Gasteiger partial charge >= 0.3 is 6.03 Å². The van der Waals surface area contributed by atoms with Crippen LogP contribution in [0.3, 0.4) is 0 Å². The molecule has 0 saturated carbocycles. The van der Waals surface area contributed by atoms with Gasteiger partial charge in [-0.05, 0) is 30.5 Å². The van der Waals surface area contributed by atoms with E-state index in [9.17, 15) is 9.90 Å². The van der Waals surface area contributed by atoms with Gasteiger partial charge in [-0.25, -0.2) is 9.48 Å². The minimum absolute atomic E-state index is 0.154. The zero-order valence-electron chi connectivity index (χ0n) is 17.1. The van der Waals surface area contributed by atoms with E-state index in [1.165, 1.54) is 0 Å². The van der Waals surface area contributed by atoms with Crippen molar-refractivity contribution < 1.29 is 9.90 Å². The third-order valence-corrected chi connectivity index (χ3v) is 5.17. The van der Waals surface area contributed by atoms with Crippen molar-refractivity contribution in [1.29, 1.82) is 0 Å². The molecule has 3 N–H and O–H groups in total. The van der Waals surface area contributed by atoms with Gasteiger partial charge in [0.2, 0.25) is 0 Å². The van der Waals surface area contributed by atoms with Crippen LogP contribution in [-0.4, -0.2) is 27.2 Å². The minimum atomic E-state index is -0.365. The van der Waals surface area contributed by atoms with Gasteiger partial charge in [-0.2, -0.15) is 5.10 Å². The molecule has 152 valence electrons. The zero-order valence-corrected chi connectivity index (χ0v) is 17.9. The van der Waals surface area contributed by atoms with Gasteiger partial charge in [0.05, 0.1) is 11.4 Å². The second kappa shape index (κ2) is 8.61. The van der Waals surface area contributed by atoms with E-state index >= 15 is 0 Å². The summed E-state index contributed by atoms with van der Waals surface area (Å²) in [7, 11) is 0. The van der Waals surface area contributed by atoms with Crippen LogP contribution < -0.4 is 10.6 Å². The number of phenolic OH excluding ortho intramolecular Hbond substituents is 1. The highest BCUT2D eigenvalue weighted by Crippen LogP contribution is 2.27. The molecular weight excluding hydrogens is 384 g/mol. The van der Waals surface area contributed by atoms with Gasteiger partial charge in [-0.15, -0.1) is 11.8 Å². The molecule has 7 heteroatoms. The number of anilines is 1. The monoisotopic (exact) mass is 410 g/mol. The molecule has 3 rings (SSSR count). The van der Waals surface area contributed by atoms with Crippen molar-refractivity contribution >= 4 is 23.6 Å². The van der Waals surface area contributed by atoms with Gasteiger partial charge in [-0.1, -0.05) is 45.0 Å². The van der Waals surface area contributed by atoms with E-state index in [1.807, 2.05) is 42.7 Å². The fourth-order valence-electron chi connectivity index (χ4n) is 2.77. The first-order valence-corrected chi connectivity index (χ1v) is 10.6. The molecule has 3 aromatic rings. The number of hydrogen-bond acceptors (Lipinski definition) is 4. The van der Waals surface area contributed by atoms with Crippen molar-refractivity contribution in [3.8, 4) is 11.4 Å². The molecule has 0 aliphatic carbocycles. The molecule has 29 heavy (non-hydrogen) atoms. The largest absolute Gasteiger partial charge is 0.508 e. The second-order valence-corrected chi connectivity index (χ2v) is 8.59. The highest BCUT2D eigenvalue weighted by molar-refractivity contribution is 7.98. The first-order valence-electron chi connectivity index (χ1n) is 9.34. The summed E-state index contributed by atoms with van der Waals surface area (Å²) in [6.45, 7) is 6.47. The van der Waals surface area contributed by atoms with Gasteiger partial charge in [0.1, 0.15) is 11.6 Å². The number of amides is 2. The number of nitrogens with zero attached hydrogens (tertiary/aromatic N) is 2. The molecule has 0 atom stereocenters. The highest BCUT2D eigenvalue weighted by atomic mass is 32.2. The Morgan fingerprint density at radius 1 is 1.14 bits per heavy atom. The quantitative estimate of drug-likeness (QED) is 0.522. The molecule has 0 spiro atoms. The van der Waals surface area contributed by atoms with E-state index in [2.05, 4.69) is 31.4 Å². The van der Waals surface area contributed by atoms with Crippen LogP contribution in [-0.2, 0) is 12.0 Å². The van der Waals surface area contributed by atoms with Crippen LogP contribution in [0.25, 0.3) is 5.69 Å². The average Bonchev–Trinajstić information content (AvgIpc) is 3.11. The van der Waals surface area contributed by atoms with Crippen molar-refractivity contribution in [2.24, 2.45) is 0 Å². The Hall–Kier alpha value is -2.93. The SMILES string of the molecule is CSc1cccc(-n2nc(C(C)(C)C)cc2NC(=O)NCc2ccccc2O)c1. The van der Waals surface area contributed by atoms with E-state index in [0.29, 0.717) is 11.4 Å². The summed E-state index contributed by atoms with van der Waals surface area (Å²) >= 11 is 1.65. The van der Waals surface area contributed by atoms with Crippen LogP contribution >= 0.6 is 11.8 Å². The molecule has 0 unspecified atom stereocenters. The van der Waals surface area contributed by atoms with E-state index in [4.69, 9.17) is 5.10 Å². The maximum atomic E-state index is 12.5. The summed E-state index contributed by atoms with van der Waals surface area (Å²) in [6, 6.07) is 16.5. The number of aromatic nitrogens is 2. The van der Waals surface area contributed by atoms with Crippen LogP contribution in [0.15, 0.2) is 59.5 Å². The van der Waals surface area contributed by atoms with Gasteiger partial charge in [-0.3, -0.25) is 5.32 Å². The van der Waals surface area contributed by atoms with Crippen molar-refractivity contribution in [2.45, 2.75) is 37.6 Å². The Morgan fingerprint density at radius 2 is 1.90 bits per heavy atom. The van der Waals surface area contributed by atoms with Gasteiger partial charge in [0.15, 0.2) is 0 Å². The number of carbonyl (C=O) groups excluding carboxylic acids is 1. The van der Waals surface area contributed by atoms with Crippen LogP contribution in [0.1, 0.15) is 32.0 Å². The summed E-state index contributed by atoms with van der Waals surface area (Å²) in [5.74, 6) is 0.740. The summed E-state index contributed by atoms with van der Waals surface area (Å²) < 4.78 is 1.75. The summed E-state index contributed by atoms with van der Waals surface area (Å²) in [5.41, 5.74) is 2.25. The average molecular weight is 411 g/mol. The molecule has 0 radical (unpaired) electrons. The van der Waals surface area contributed by atoms with E-state index in [1.54, 1.807) is 34.6 Å². The van der Waals surface area contributed by atoms with Crippen LogP contribution in [0.4, 0.5) is 10.6 Å². The van der Waals surface area contributed by atoms with Gasteiger partial charge < -0.3 is 10.4 Å².